The fourth-order valence-corrected chi connectivity index (χ4v) is 3.52. The van der Waals surface area contributed by atoms with Gasteiger partial charge in [-0.15, -0.1) is 0 Å². The van der Waals surface area contributed by atoms with Crippen LogP contribution in [0, 0.1) is 0 Å². The molecule has 1 aromatic heterocycles. The molecule has 0 radical (unpaired) electrons. The van der Waals surface area contributed by atoms with E-state index in [-0.39, 0.29) is 16.4 Å². The first-order chi connectivity index (χ1) is 12.6. The average molecular weight is 400 g/mol. The van der Waals surface area contributed by atoms with Crippen molar-refractivity contribution in [1.29, 1.82) is 0 Å². The Balaban J connectivity index is 2.07. The molecule has 10 heteroatoms. The van der Waals surface area contributed by atoms with E-state index < -0.39 is 38.5 Å². The maximum absolute atomic E-state index is 13.1. The van der Waals surface area contributed by atoms with Gasteiger partial charge in [-0.25, -0.2) is 4.79 Å². The Morgan fingerprint density at radius 3 is 2.41 bits per heavy atom. The van der Waals surface area contributed by atoms with E-state index in [1.807, 2.05) is 0 Å². The SMILES string of the molecule is COc1ccccc1S(=O)(=O)Oc1ccc2c(C(F)(F)F)cc(=O)oc2c1. The van der Waals surface area contributed by atoms with Crippen LogP contribution >= 0.6 is 0 Å². The summed E-state index contributed by atoms with van der Waals surface area (Å²) in [5, 5.41) is -0.399. The van der Waals surface area contributed by atoms with Crippen LogP contribution in [0.15, 0.2) is 62.6 Å². The van der Waals surface area contributed by atoms with Crippen molar-refractivity contribution in [1.82, 2.24) is 0 Å². The van der Waals surface area contributed by atoms with E-state index in [0.717, 1.165) is 18.2 Å². The Kier molecular flexibility index (Phi) is 4.60. The topological polar surface area (TPSA) is 82.8 Å². The first-order valence-corrected chi connectivity index (χ1v) is 8.75. The van der Waals surface area contributed by atoms with Crippen LogP contribution in [0.3, 0.4) is 0 Å². The molecule has 1 heterocycles. The van der Waals surface area contributed by atoms with Crippen LogP contribution in [-0.4, -0.2) is 15.5 Å². The molecule has 3 rings (SSSR count). The number of hydrogen-bond donors (Lipinski definition) is 0. The molecule has 0 unspecified atom stereocenters. The van der Waals surface area contributed by atoms with Crippen LogP contribution in [-0.2, 0) is 16.3 Å². The van der Waals surface area contributed by atoms with Crippen molar-refractivity contribution in [2.75, 3.05) is 7.11 Å². The molecule has 27 heavy (non-hydrogen) atoms. The minimum atomic E-state index is -4.78. The van der Waals surface area contributed by atoms with E-state index >= 15 is 0 Å². The third kappa shape index (κ3) is 3.75. The summed E-state index contributed by atoms with van der Waals surface area (Å²) in [6.07, 6.45) is -4.78. The van der Waals surface area contributed by atoms with Gasteiger partial charge in [-0.2, -0.15) is 21.6 Å². The highest BCUT2D eigenvalue weighted by Gasteiger charge is 2.34. The fraction of sp³-hybridized carbons (Fsp3) is 0.118. The van der Waals surface area contributed by atoms with Gasteiger partial charge in [-0.1, -0.05) is 12.1 Å². The lowest BCUT2D eigenvalue weighted by Crippen LogP contribution is -2.12. The summed E-state index contributed by atoms with van der Waals surface area (Å²) in [7, 11) is -3.06. The van der Waals surface area contributed by atoms with Crippen molar-refractivity contribution < 1.29 is 34.9 Å². The van der Waals surface area contributed by atoms with Crippen LogP contribution < -0.4 is 14.5 Å². The number of benzene rings is 2. The van der Waals surface area contributed by atoms with Gasteiger partial charge in [0.25, 0.3) is 0 Å². The van der Waals surface area contributed by atoms with E-state index in [0.29, 0.717) is 6.07 Å². The van der Waals surface area contributed by atoms with Gasteiger partial charge in [0.1, 0.15) is 22.0 Å². The maximum atomic E-state index is 13.1. The van der Waals surface area contributed by atoms with Crippen molar-refractivity contribution in [3.8, 4) is 11.5 Å². The third-order valence-electron chi connectivity index (χ3n) is 3.57. The number of para-hydroxylation sites is 1. The summed E-state index contributed by atoms with van der Waals surface area (Å²) in [4.78, 5) is 11.1. The Labute approximate surface area is 150 Å². The van der Waals surface area contributed by atoms with Crippen LogP contribution in [0.2, 0.25) is 0 Å². The van der Waals surface area contributed by atoms with Crippen LogP contribution in [0.5, 0.6) is 11.5 Å². The molecule has 0 saturated carbocycles. The number of alkyl halides is 3. The number of halogens is 3. The number of methoxy groups -OCH3 is 1. The summed E-state index contributed by atoms with van der Waals surface area (Å²) in [5.41, 5.74) is -2.87. The number of rotatable bonds is 4. The van der Waals surface area contributed by atoms with Crippen LogP contribution in [0.1, 0.15) is 5.56 Å². The molecule has 0 spiro atoms. The molecular weight excluding hydrogens is 389 g/mol. The second-order valence-corrected chi connectivity index (χ2v) is 6.84. The van der Waals surface area contributed by atoms with Crippen LogP contribution in [0.4, 0.5) is 13.2 Å². The van der Waals surface area contributed by atoms with Crippen molar-refractivity contribution in [3.63, 3.8) is 0 Å². The minimum Gasteiger partial charge on any atom is -0.495 e. The van der Waals surface area contributed by atoms with Crippen molar-refractivity contribution in [2.45, 2.75) is 11.1 Å². The molecule has 0 N–H and O–H groups in total. The van der Waals surface area contributed by atoms with E-state index in [1.165, 1.54) is 25.3 Å². The zero-order chi connectivity index (χ0) is 19.8. The summed E-state index contributed by atoms with van der Waals surface area (Å²) < 4.78 is 78.7. The quantitative estimate of drug-likeness (QED) is 0.492. The van der Waals surface area contributed by atoms with Crippen molar-refractivity contribution in [2.24, 2.45) is 0 Å². The van der Waals surface area contributed by atoms with Gasteiger partial charge in [-0.05, 0) is 24.3 Å². The Hall–Kier alpha value is -3.01. The molecule has 0 aliphatic heterocycles. The molecule has 0 amide bonds. The molecule has 142 valence electrons. The number of ether oxygens (including phenoxy) is 1. The lowest BCUT2D eigenvalue weighted by atomic mass is 10.1. The smallest absolute Gasteiger partial charge is 0.417 e. The van der Waals surface area contributed by atoms with E-state index in [9.17, 15) is 26.4 Å². The van der Waals surface area contributed by atoms with E-state index in [2.05, 4.69) is 0 Å². The van der Waals surface area contributed by atoms with Gasteiger partial charge in [-0.3, -0.25) is 0 Å². The molecule has 3 aromatic rings. The normalized spacial score (nSPS) is 12.1. The first-order valence-electron chi connectivity index (χ1n) is 7.34. The third-order valence-corrected chi connectivity index (χ3v) is 4.85. The number of fused-ring (bicyclic) bond motifs is 1. The number of hydrogen-bond acceptors (Lipinski definition) is 6. The highest BCUT2D eigenvalue weighted by atomic mass is 32.2. The molecule has 6 nitrogen and oxygen atoms in total. The lowest BCUT2D eigenvalue weighted by Gasteiger charge is -2.12. The molecule has 0 bridgehead atoms. The molecular formula is C17H11F3O6S. The summed E-state index contributed by atoms with van der Waals surface area (Å²) >= 11 is 0. The molecule has 0 aliphatic rings. The zero-order valence-corrected chi connectivity index (χ0v) is 14.4. The first kappa shape index (κ1) is 18.8. The maximum Gasteiger partial charge on any atom is 0.417 e. The largest absolute Gasteiger partial charge is 0.495 e. The summed E-state index contributed by atoms with van der Waals surface area (Å²) in [6, 6.07) is 8.89. The van der Waals surface area contributed by atoms with Gasteiger partial charge < -0.3 is 13.3 Å². The van der Waals surface area contributed by atoms with Crippen LogP contribution in [0.25, 0.3) is 11.0 Å². The highest BCUT2D eigenvalue weighted by Crippen LogP contribution is 2.35. The standard InChI is InChI=1S/C17H11F3O6S/c1-24-13-4-2-3-5-15(13)27(22,23)26-10-6-7-11-12(17(18,19)20)9-16(21)25-14(11)8-10/h2-9H,1H3. The molecule has 2 aromatic carbocycles. The van der Waals surface area contributed by atoms with E-state index in [4.69, 9.17) is 13.3 Å². The Morgan fingerprint density at radius 1 is 1.04 bits per heavy atom. The predicted molar refractivity (Wildman–Crippen MR) is 88.3 cm³/mol. The summed E-state index contributed by atoms with van der Waals surface area (Å²) in [6.45, 7) is 0. The highest BCUT2D eigenvalue weighted by molar-refractivity contribution is 7.87. The van der Waals surface area contributed by atoms with Crippen molar-refractivity contribution >= 4 is 21.1 Å². The van der Waals surface area contributed by atoms with E-state index in [1.54, 1.807) is 6.07 Å². The predicted octanol–water partition coefficient (Wildman–Crippen LogP) is 3.59. The van der Waals surface area contributed by atoms with Gasteiger partial charge in [0.2, 0.25) is 0 Å². The van der Waals surface area contributed by atoms with Gasteiger partial charge in [0.15, 0.2) is 0 Å². The van der Waals surface area contributed by atoms with Gasteiger partial charge >= 0.3 is 21.9 Å². The minimum absolute atomic E-state index is 0.0316. The van der Waals surface area contributed by atoms with Crippen molar-refractivity contribution in [3.05, 3.63) is 64.5 Å². The molecule has 0 fully saturated rings. The molecule has 0 atom stereocenters. The second kappa shape index (κ2) is 6.62. The van der Waals surface area contributed by atoms with Gasteiger partial charge in [0, 0.05) is 17.5 Å². The Bertz CT molecular complexity index is 1170. The second-order valence-electron chi connectivity index (χ2n) is 5.32. The lowest BCUT2D eigenvalue weighted by molar-refractivity contribution is -0.136. The summed E-state index contributed by atoms with van der Waals surface area (Å²) in [5.74, 6) is -0.292. The average Bonchev–Trinajstić information content (AvgIpc) is 2.59. The fourth-order valence-electron chi connectivity index (χ4n) is 2.43. The molecule has 0 saturated heterocycles. The van der Waals surface area contributed by atoms with Gasteiger partial charge in [0.05, 0.1) is 12.7 Å². The molecule has 0 aliphatic carbocycles. The monoisotopic (exact) mass is 400 g/mol. The zero-order valence-electron chi connectivity index (χ0n) is 13.6. The Morgan fingerprint density at radius 2 is 1.74 bits per heavy atom.